The summed E-state index contributed by atoms with van der Waals surface area (Å²) in [6.45, 7) is 3.76. The predicted octanol–water partition coefficient (Wildman–Crippen LogP) is 1.55. The first kappa shape index (κ1) is 28.2. The number of carboxylic acids is 2. The number of sulfonamides is 1. The third-order valence-corrected chi connectivity index (χ3v) is 7.10. The number of rotatable bonds is 7. The van der Waals surface area contributed by atoms with E-state index in [1.807, 2.05) is 25.1 Å². The van der Waals surface area contributed by atoms with Gasteiger partial charge in [0.1, 0.15) is 0 Å². The quantitative estimate of drug-likeness (QED) is 0.391. The van der Waals surface area contributed by atoms with Crippen LogP contribution in [0.4, 0.5) is 5.69 Å². The second-order valence-corrected chi connectivity index (χ2v) is 9.69. The highest BCUT2D eigenvalue weighted by atomic mass is 35.5. The van der Waals surface area contributed by atoms with E-state index >= 15 is 0 Å². The fourth-order valence-electron chi connectivity index (χ4n) is 2.98. The Hall–Kier alpha value is -3.03. The average molecular weight is 528 g/mol. The molecule has 0 atom stereocenters. The minimum absolute atomic E-state index is 0.0745. The number of carbonyl (C=O) groups excluding carboxylic acids is 1. The van der Waals surface area contributed by atoms with Gasteiger partial charge in [0.15, 0.2) is 0 Å². The lowest BCUT2D eigenvalue weighted by molar-refractivity contribution is -0.159. The van der Waals surface area contributed by atoms with E-state index in [1.54, 1.807) is 18.2 Å². The fraction of sp³-hybridized carbons (Fsp3) is 0.318. The molecule has 1 fully saturated rings. The van der Waals surface area contributed by atoms with Crippen molar-refractivity contribution in [2.75, 3.05) is 38.2 Å². The molecule has 0 spiro atoms. The Morgan fingerprint density at radius 3 is 2.29 bits per heavy atom. The van der Waals surface area contributed by atoms with Crippen LogP contribution in [0.2, 0.25) is 5.02 Å². The van der Waals surface area contributed by atoms with Gasteiger partial charge in [-0.2, -0.15) is 4.31 Å². The number of amides is 1. The number of hydrogen-bond donors (Lipinski definition) is 4. The van der Waals surface area contributed by atoms with E-state index in [2.05, 4.69) is 10.6 Å². The van der Waals surface area contributed by atoms with Crippen LogP contribution in [0.15, 0.2) is 47.4 Å². The molecule has 4 N–H and O–H groups in total. The zero-order chi connectivity index (χ0) is 26.0. The van der Waals surface area contributed by atoms with Crippen molar-refractivity contribution in [3.05, 3.63) is 58.6 Å². The van der Waals surface area contributed by atoms with Crippen molar-refractivity contribution in [2.24, 2.45) is 0 Å². The molecule has 0 aliphatic carbocycles. The Kier molecular flexibility index (Phi) is 10.6. The molecule has 1 aliphatic heterocycles. The standard InChI is InChI=1S/C20H24ClN3O4S.C2H2O4/c1-15-6-7-17(29(26,27)24-8-10-28-11-9-24)12-19(15)23-20(25)14-22-13-16-4-2-3-5-18(16)21;3-1(4)2(5)6/h2-7,12,22H,8-11,13-14H2,1H3,(H,23,25);(H,3,4)(H,5,6). The van der Waals surface area contributed by atoms with Crippen molar-refractivity contribution in [2.45, 2.75) is 18.4 Å². The molecule has 190 valence electrons. The van der Waals surface area contributed by atoms with Crippen LogP contribution < -0.4 is 10.6 Å². The molecule has 2 aromatic rings. The van der Waals surface area contributed by atoms with E-state index in [9.17, 15) is 13.2 Å². The lowest BCUT2D eigenvalue weighted by Crippen LogP contribution is -2.40. The van der Waals surface area contributed by atoms with E-state index in [0.717, 1.165) is 11.1 Å². The van der Waals surface area contributed by atoms with Gasteiger partial charge in [-0.1, -0.05) is 35.9 Å². The lowest BCUT2D eigenvalue weighted by Gasteiger charge is -2.26. The number of halogens is 1. The maximum Gasteiger partial charge on any atom is 0.414 e. The number of hydrogen-bond acceptors (Lipinski definition) is 7. The summed E-state index contributed by atoms with van der Waals surface area (Å²) < 4.78 is 32.3. The third kappa shape index (κ3) is 8.60. The van der Waals surface area contributed by atoms with Crippen LogP contribution >= 0.6 is 11.6 Å². The van der Waals surface area contributed by atoms with Gasteiger partial charge in [-0.05, 0) is 36.2 Å². The normalized spacial score (nSPS) is 13.9. The summed E-state index contributed by atoms with van der Waals surface area (Å²) in [7, 11) is -3.62. The number of aliphatic carboxylic acids is 2. The van der Waals surface area contributed by atoms with Crippen LogP contribution in [0.25, 0.3) is 0 Å². The molecule has 1 saturated heterocycles. The zero-order valence-corrected chi connectivity index (χ0v) is 20.4. The minimum Gasteiger partial charge on any atom is -0.473 e. The van der Waals surface area contributed by atoms with E-state index < -0.39 is 22.0 Å². The predicted molar refractivity (Wildman–Crippen MR) is 128 cm³/mol. The van der Waals surface area contributed by atoms with Crippen molar-refractivity contribution in [3.63, 3.8) is 0 Å². The molecule has 1 aliphatic rings. The Morgan fingerprint density at radius 1 is 1.06 bits per heavy atom. The largest absolute Gasteiger partial charge is 0.473 e. The highest BCUT2D eigenvalue weighted by molar-refractivity contribution is 7.89. The van der Waals surface area contributed by atoms with Gasteiger partial charge in [-0.25, -0.2) is 18.0 Å². The Labute approximate surface area is 207 Å². The number of carboxylic acid groups (broad SMARTS) is 2. The number of morpholine rings is 1. The van der Waals surface area contributed by atoms with E-state index in [4.69, 9.17) is 36.1 Å². The van der Waals surface area contributed by atoms with Gasteiger partial charge in [0.25, 0.3) is 0 Å². The molecular formula is C22H26ClN3O8S. The summed E-state index contributed by atoms with van der Waals surface area (Å²) in [5, 5.41) is 21.2. The van der Waals surface area contributed by atoms with E-state index in [0.29, 0.717) is 43.6 Å². The molecule has 35 heavy (non-hydrogen) atoms. The van der Waals surface area contributed by atoms with Crippen molar-refractivity contribution in [3.8, 4) is 0 Å². The molecule has 0 saturated carbocycles. The van der Waals surface area contributed by atoms with Crippen LogP contribution in [0.5, 0.6) is 0 Å². The first-order valence-corrected chi connectivity index (χ1v) is 12.2. The van der Waals surface area contributed by atoms with Gasteiger partial charge in [0.05, 0.1) is 24.7 Å². The summed E-state index contributed by atoms with van der Waals surface area (Å²) in [5.41, 5.74) is 2.16. The molecule has 0 radical (unpaired) electrons. The van der Waals surface area contributed by atoms with Gasteiger partial charge >= 0.3 is 11.9 Å². The first-order valence-electron chi connectivity index (χ1n) is 10.4. The summed E-state index contributed by atoms with van der Waals surface area (Å²) in [4.78, 5) is 30.7. The van der Waals surface area contributed by atoms with Gasteiger partial charge in [0, 0.05) is 30.3 Å². The topological polar surface area (TPSA) is 162 Å². The van der Waals surface area contributed by atoms with Crippen LogP contribution in [0.3, 0.4) is 0 Å². The molecule has 11 nitrogen and oxygen atoms in total. The van der Waals surface area contributed by atoms with E-state index in [-0.39, 0.29) is 17.3 Å². The van der Waals surface area contributed by atoms with Crippen molar-refractivity contribution in [1.29, 1.82) is 0 Å². The molecule has 0 aromatic heterocycles. The molecule has 3 rings (SSSR count). The van der Waals surface area contributed by atoms with Gasteiger partial charge in [0.2, 0.25) is 15.9 Å². The van der Waals surface area contributed by atoms with Gasteiger partial charge in [-0.15, -0.1) is 0 Å². The summed E-state index contributed by atoms with van der Waals surface area (Å²) >= 11 is 6.11. The average Bonchev–Trinajstić information content (AvgIpc) is 2.82. The highest BCUT2D eigenvalue weighted by Gasteiger charge is 2.26. The monoisotopic (exact) mass is 527 g/mol. The summed E-state index contributed by atoms with van der Waals surface area (Å²) in [6.07, 6.45) is 0. The number of carbonyl (C=O) groups is 3. The molecule has 13 heteroatoms. The maximum absolute atomic E-state index is 12.8. The van der Waals surface area contributed by atoms with Crippen LogP contribution in [-0.4, -0.2) is 73.6 Å². The molecule has 0 unspecified atom stereocenters. The van der Waals surface area contributed by atoms with Crippen molar-refractivity contribution >= 4 is 45.2 Å². The van der Waals surface area contributed by atoms with Gasteiger partial charge < -0.3 is 25.6 Å². The second-order valence-electron chi connectivity index (χ2n) is 7.35. The van der Waals surface area contributed by atoms with Crippen LogP contribution in [0.1, 0.15) is 11.1 Å². The first-order chi connectivity index (χ1) is 16.5. The van der Waals surface area contributed by atoms with Crippen LogP contribution in [0, 0.1) is 6.92 Å². The molecule has 1 heterocycles. The number of nitrogens with zero attached hydrogens (tertiary/aromatic N) is 1. The number of benzene rings is 2. The smallest absolute Gasteiger partial charge is 0.414 e. The zero-order valence-electron chi connectivity index (χ0n) is 18.9. The Morgan fingerprint density at radius 2 is 1.69 bits per heavy atom. The SMILES string of the molecule is Cc1ccc(S(=O)(=O)N2CCOCC2)cc1NC(=O)CNCc1ccccc1Cl.O=C(O)C(=O)O. The number of aryl methyl sites for hydroxylation is 1. The summed E-state index contributed by atoms with van der Waals surface area (Å²) in [5.74, 6) is -3.91. The Bertz CT molecular complexity index is 1160. The molecule has 0 bridgehead atoms. The van der Waals surface area contributed by atoms with Crippen molar-refractivity contribution in [1.82, 2.24) is 9.62 Å². The maximum atomic E-state index is 12.8. The number of ether oxygens (including phenoxy) is 1. The van der Waals surface area contributed by atoms with Crippen molar-refractivity contribution < 1.29 is 37.8 Å². The molecular weight excluding hydrogens is 502 g/mol. The molecule has 2 aromatic carbocycles. The Balaban J connectivity index is 0.000000641. The number of anilines is 1. The lowest BCUT2D eigenvalue weighted by atomic mass is 10.2. The molecule has 1 amide bonds. The highest BCUT2D eigenvalue weighted by Crippen LogP contribution is 2.23. The second kappa shape index (κ2) is 13.2. The minimum atomic E-state index is -3.62. The van der Waals surface area contributed by atoms with Crippen LogP contribution in [-0.2, 0) is 35.7 Å². The van der Waals surface area contributed by atoms with Gasteiger partial charge in [-0.3, -0.25) is 4.79 Å². The number of nitrogens with one attached hydrogen (secondary N) is 2. The fourth-order valence-corrected chi connectivity index (χ4v) is 4.62. The van der Waals surface area contributed by atoms with E-state index in [1.165, 1.54) is 10.4 Å². The third-order valence-electron chi connectivity index (χ3n) is 4.83. The summed E-state index contributed by atoms with van der Waals surface area (Å²) in [6, 6.07) is 12.2.